The highest BCUT2D eigenvalue weighted by Crippen LogP contribution is 2.21. The fourth-order valence-electron chi connectivity index (χ4n) is 1.43. The van der Waals surface area contributed by atoms with Crippen molar-refractivity contribution < 1.29 is 0 Å². The van der Waals surface area contributed by atoms with Crippen LogP contribution in [0.3, 0.4) is 0 Å². The lowest BCUT2D eigenvalue weighted by Crippen LogP contribution is -1.92. The second kappa shape index (κ2) is 4.52. The number of rotatable bonds is 2. The average molecular weight is 244 g/mol. The monoisotopic (exact) mass is 244 g/mol. The van der Waals surface area contributed by atoms with Gasteiger partial charge in [0.1, 0.15) is 11.1 Å². The number of thiazole rings is 1. The maximum absolute atomic E-state index is 9.14. The summed E-state index contributed by atoms with van der Waals surface area (Å²) in [5.74, 6) is 0. The highest BCUT2D eigenvalue weighted by molar-refractivity contribution is 7.11. The van der Waals surface area contributed by atoms with Crippen LogP contribution in [0.2, 0.25) is 0 Å². The van der Waals surface area contributed by atoms with Crippen molar-refractivity contribution in [3.05, 3.63) is 33.5 Å². The lowest BCUT2D eigenvalue weighted by Gasteiger charge is -1.91. The predicted octanol–water partition coefficient (Wildman–Crippen LogP) is 2.56. The van der Waals surface area contributed by atoms with Gasteiger partial charge in [-0.05, 0) is 26.0 Å². The molecule has 0 spiro atoms. The third-order valence-electron chi connectivity index (χ3n) is 2.39. The number of nitrogens with zero attached hydrogens (tertiary/aromatic N) is 4. The van der Waals surface area contributed by atoms with Crippen LogP contribution in [0.25, 0.3) is 11.6 Å². The van der Waals surface area contributed by atoms with E-state index in [0.29, 0.717) is 5.57 Å². The normalized spacial score (nSPS) is 11.5. The van der Waals surface area contributed by atoms with E-state index in [0.717, 1.165) is 22.1 Å². The van der Waals surface area contributed by atoms with Crippen LogP contribution in [0.15, 0.2) is 11.4 Å². The maximum atomic E-state index is 9.14. The first kappa shape index (κ1) is 11.6. The zero-order chi connectivity index (χ0) is 12.4. The Morgan fingerprint density at radius 2 is 2.29 bits per heavy atom. The SMILES string of the molecule is Cc1csc(/C(C#N)=C/c2cc(C)n(C)n2)n1. The van der Waals surface area contributed by atoms with Gasteiger partial charge in [0.2, 0.25) is 0 Å². The van der Waals surface area contributed by atoms with Crippen LogP contribution in [0, 0.1) is 25.2 Å². The standard InChI is InChI=1S/C12H12N4S/c1-8-7-17-12(14-8)10(6-13)5-11-4-9(2)16(3)15-11/h4-5,7H,1-3H3/b10-5+. The fourth-order valence-corrected chi connectivity index (χ4v) is 2.19. The lowest BCUT2D eigenvalue weighted by atomic mass is 10.2. The number of aromatic nitrogens is 3. The summed E-state index contributed by atoms with van der Waals surface area (Å²) in [6.07, 6.45) is 1.77. The van der Waals surface area contributed by atoms with Crippen LogP contribution in [-0.2, 0) is 7.05 Å². The molecule has 0 aromatic carbocycles. The van der Waals surface area contributed by atoms with Gasteiger partial charge in [0.05, 0.1) is 11.3 Å². The molecule has 0 saturated heterocycles. The van der Waals surface area contributed by atoms with Gasteiger partial charge in [-0.3, -0.25) is 4.68 Å². The molecule has 0 unspecified atom stereocenters. The molecule has 0 aliphatic rings. The van der Waals surface area contributed by atoms with Crippen LogP contribution in [-0.4, -0.2) is 14.8 Å². The highest BCUT2D eigenvalue weighted by Gasteiger charge is 2.07. The molecule has 0 fully saturated rings. The first-order valence-electron chi connectivity index (χ1n) is 5.15. The number of nitriles is 1. The van der Waals surface area contributed by atoms with E-state index >= 15 is 0 Å². The predicted molar refractivity (Wildman–Crippen MR) is 68.3 cm³/mol. The third-order valence-corrected chi connectivity index (χ3v) is 3.39. The van der Waals surface area contributed by atoms with Gasteiger partial charge in [-0.1, -0.05) is 0 Å². The summed E-state index contributed by atoms with van der Waals surface area (Å²) in [5, 5.41) is 16.1. The van der Waals surface area contributed by atoms with Gasteiger partial charge >= 0.3 is 0 Å². The summed E-state index contributed by atoms with van der Waals surface area (Å²) in [6, 6.07) is 4.11. The molecule has 2 aromatic heterocycles. The van der Waals surface area contributed by atoms with Gasteiger partial charge in [0, 0.05) is 23.8 Å². The molecule has 0 aliphatic heterocycles. The minimum absolute atomic E-state index is 0.557. The largest absolute Gasteiger partial charge is 0.272 e. The minimum Gasteiger partial charge on any atom is -0.272 e. The van der Waals surface area contributed by atoms with Gasteiger partial charge in [0.25, 0.3) is 0 Å². The number of aryl methyl sites for hydroxylation is 3. The Labute approximate surface area is 104 Å². The van der Waals surface area contributed by atoms with Crippen molar-refractivity contribution in [2.45, 2.75) is 13.8 Å². The zero-order valence-electron chi connectivity index (χ0n) is 9.93. The first-order valence-corrected chi connectivity index (χ1v) is 6.03. The van der Waals surface area contributed by atoms with Crippen LogP contribution >= 0.6 is 11.3 Å². The number of allylic oxidation sites excluding steroid dienone is 1. The van der Waals surface area contributed by atoms with Crippen molar-refractivity contribution in [2.75, 3.05) is 0 Å². The molecule has 0 amide bonds. The van der Waals surface area contributed by atoms with Crippen molar-refractivity contribution >= 4 is 23.0 Å². The third kappa shape index (κ3) is 2.43. The highest BCUT2D eigenvalue weighted by atomic mass is 32.1. The van der Waals surface area contributed by atoms with E-state index < -0.39 is 0 Å². The molecule has 0 aliphatic carbocycles. The van der Waals surface area contributed by atoms with Crippen LogP contribution < -0.4 is 0 Å². The molecule has 0 radical (unpaired) electrons. The Kier molecular flexibility index (Phi) is 3.07. The summed E-state index contributed by atoms with van der Waals surface area (Å²) in [4.78, 5) is 4.30. The van der Waals surface area contributed by atoms with Gasteiger partial charge in [0.15, 0.2) is 0 Å². The molecule has 2 aromatic rings. The van der Waals surface area contributed by atoms with E-state index in [9.17, 15) is 0 Å². The molecular weight excluding hydrogens is 232 g/mol. The van der Waals surface area contributed by atoms with E-state index in [1.54, 1.807) is 10.8 Å². The Hall–Kier alpha value is -1.93. The zero-order valence-corrected chi connectivity index (χ0v) is 10.7. The Morgan fingerprint density at radius 3 is 2.76 bits per heavy atom. The van der Waals surface area contributed by atoms with Gasteiger partial charge in [-0.15, -0.1) is 11.3 Å². The van der Waals surface area contributed by atoms with E-state index in [4.69, 9.17) is 5.26 Å². The van der Waals surface area contributed by atoms with Crippen molar-refractivity contribution in [1.29, 1.82) is 5.26 Å². The van der Waals surface area contributed by atoms with Gasteiger partial charge in [-0.2, -0.15) is 10.4 Å². The van der Waals surface area contributed by atoms with E-state index in [1.807, 2.05) is 32.3 Å². The van der Waals surface area contributed by atoms with Gasteiger partial charge < -0.3 is 0 Å². The molecule has 0 saturated carbocycles. The fraction of sp³-hybridized carbons (Fsp3) is 0.250. The van der Waals surface area contributed by atoms with E-state index in [-0.39, 0.29) is 0 Å². The summed E-state index contributed by atoms with van der Waals surface area (Å²) in [5.41, 5.74) is 3.34. The topological polar surface area (TPSA) is 54.5 Å². The van der Waals surface area contributed by atoms with Crippen LogP contribution in [0.4, 0.5) is 0 Å². The molecule has 17 heavy (non-hydrogen) atoms. The quantitative estimate of drug-likeness (QED) is 0.763. The summed E-state index contributed by atoms with van der Waals surface area (Å²) in [7, 11) is 1.88. The molecule has 0 bridgehead atoms. The molecule has 0 N–H and O–H groups in total. The molecule has 2 heterocycles. The number of hydrogen-bond acceptors (Lipinski definition) is 4. The lowest BCUT2D eigenvalue weighted by molar-refractivity contribution is 0.737. The Balaban J connectivity index is 2.40. The average Bonchev–Trinajstić information content (AvgIpc) is 2.83. The van der Waals surface area contributed by atoms with Crippen molar-refractivity contribution in [3.8, 4) is 6.07 Å². The Morgan fingerprint density at radius 1 is 1.53 bits per heavy atom. The van der Waals surface area contributed by atoms with E-state index in [1.165, 1.54) is 11.3 Å². The van der Waals surface area contributed by atoms with Crippen LogP contribution in [0.1, 0.15) is 22.1 Å². The summed E-state index contributed by atoms with van der Waals surface area (Å²) >= 11 is 1.48. The molecule has 5 heteroatoms. The molecule has 4 nitrogen and oxygen atoms in total. The molecule has 0 atom stereocenters. The second-order valence-electron chi connectivity index (χ2n) is 3.80. The second-order valence-corrected chi connectivity index (χ2v) is 4.66. The summed E-state index contributed by atoms with van der Waals surface area (Å²) < 4.78 is 1.79. The minimum atomic E-state index is 0.557. The van der Waals surface area contributed by atoms with Crippen molar-refractivity contribution in [3.63, 3.8) is 0 Å². The maximum Gasteiger partial charge on any atom is 0.134 e. The molecule has 2 rings (SSSR count). The first-order chi connectivity index (χ1) is 8.10. The number of hydrogen-bond donors (Lipinski definition) is 0. The van der Waals surface area contributed by atoms with Gasteiger partial charge in [-0.25, -0.2) is 4.98 Å². The summed E-state index contributed by atoms with van der Waals surface area (Å²) in [6.45, 7) is 3.89. The molecular formula is C12H12N4S. The van der Waals surface area contributed by atoms with Crippen molar-refractivity contribution in [1.82, 2.24) is 14.8 Å². The van der Waals surface area contributed by atoms with E-state index in [2.05, 4.69) is 16.2 Å². The smallest absolute Gasteiger partial charge is 0.134 e. The Bertz CT molecular complexity index is 593. The molecule has 86 valence electrons. The van der Waals surface area contributed by atoms with Crippen molar-refractivity contribution in [2.24, 2.45) is 7.05 Å². The van der Waals surface area contributed by atoms with Crippen LogP contribution in [0.5, 0.6) is 0 Å².